The fourth-order valence-electron chi connectivity index (χ4n) is 1.63. The minimum absolute atomic E-state index is 0.508. The molecule has 1 heterocycles. The number of carbonyl (C=O) groups excluding carboxylic acids is 1. The van der Waals surface area contributed by atoms with Crippen LogP contribution in [0.5, 0.6) is 5.75 Å². The zero-order valence-electron chi connectivity index (χ0n) is 11.2. The van der Waals surface area contributed by atoms with Gasteiger partial charge in [0, 0.05) is 11.5 Å². The van der Waals surface area contributed by atoms with Gasteiger partial charge in [0.1, 0.15) is 11.4 Å². The molecule has 0 fully saturated rings. The summed E-state index contributed by atoms with van der Waals surface area (Å²) in [7, 11) is 1.57. The molecular formula is C13H15BrN2O3. The van der Waals surface area contributed by atoms with E-state index in [1.807, 2.05) is 26.8 Å². The first kappa shape index (κ1) is 13.9. The molecule has 6 heteroatoms. The van der Waals surface area contributed by atoms with Gasteiger partial charge in [0.05, 0.1) is 23.3 Å². The van der Waals surface area contributed by atoms with Gasteiger partial charge >= 0.3 is 6.09 Å². The van der Waals surface area contributed by atoms with Gasteiger partial charge in [-0.25, -0.2) is 4.79 Å². The van der Waals surface area contributed by atoms with Crippen LogP contribution in [0, 0.1) is 0 Å². The van der Waals surface area contributed by atoms with E-state index in [4.69, 9.17) is 9.47 Å². The topological polar surface area (TPSA) is 53.4 Å². The second-order valence-corrected chi connectivity index (χ2v) is 5.94. The SMILES string of the molecule is COc1cc2c(cnn2C(=O)OC(C)(C)C)cc1Br. The largest absolute Gasteiger partial charge is 0.495 e. The molecule has 2 rings (SSSR count). The van der Waals surface area contributed by atoms with E-state index in [1.165, 1.54) is 4.68 Å². The number of halogens is 1. The van der Waals surface area contributed by atoms with Crippen LogP contribution in [-0.4, -0.2) is 28.6 Å². The molecule has 0 aliphatic heterocycles. The van der Waals surface area contributed by atoms with E-state index >= 15 is 0 Å². The predicted molar refractivity (Wildman–Crippen MR) is 75.6 cm³/mol. The Morgan fingerprint density at radius 1 is 1.37 bits per heavy atom. The highest BCUT2D eigenvalue weighted by Gasteiger charge is 2.20. The number of aromatic nitrogens is 2. The summed E-state index contributed by atoms with van der Waals surface area (Å²) in [5.41, 5.74) is 0.0868. The molecule has 2 aromatic rings. The molecule has 0 saturated heterocycles. The quantitative estimate of drug-likeness (QED) is 0.803. The Morgan fingerprint density at radius 3 is 2.63 bits per heavy atom. The zero-order chi connectivity index (χ0) is 14.2. The van der Waals surface area contributed by atoms with Crippen molar-refractivity contribution >= 4 is 32.9 Å². The summed E-state index contributed by atoms with van der Waals surface area (Å²) in [6.45, 7) is 5.44. The third-order valence-corrected chi connectivity index (χ3v) is 3.03. The van der Waals surface area contributed by atoms with Crippen LogP contribution in [0.15, 0.2) is 22.8 Å². The van der Waals surface area contributed by atoms with Crippen molar-refractivity contribution < 1.29 is 14.3 Å². The normalized spacial score (nSPS) is 11.6. The molecule has 1 aromatic carbocycles. The fourth-order valence-corrected chi connectivity index (χ4v) is 2.16. The van der Waals surface area contributed by atoms with Crippen molar-refractivity contribution in [2.45, 2.75) is 26.4 Å². The lowest BCUT2D eigenvalue weighted by atomic mass is 10.2. The second kappa shape index (κ2) is 4.85. The van der Waals surface area contributed by atoms with Crippen LogP contribution in [0.4, 0.5) is 4.79 Å². The maximum absolute atomic E-state index is 12.0. The summed E-state index contributed by atoms with van der Waals surface area (Å²) in [6.07, 6.45) is 1.11. The minimum atomic E-state index is -0.561. The molecule has 19 heavy (non-hydrogen) atoms. The van der Waals surface area contributed by atoms with E-state index < -0.39 is 11.7 Å². The Labute approximate surface area is 119 Å². The molecule has 0 aliphatic carbocycles. The number of rotatable bonds is 1. The first-order chi connectivity index (χ1) is 8.81. The number of fused-ring (bicyclic) bond motifs is 1. The average molecular weight is 327 g/mol. The minimum Gasteiger partial charge on any atom is -0.495 e. The molecular weight excluding hydrogens is 312 g/mol. The van der Waals surface area contributed by atoms with Crippen LogP contribution >= 0.6 is 15.9 Å². The third-order valence-electron chi connectivity index (χ3n) is 2.41. The molecule has 0 bridgehead atoms. The van der Waals surface area contributed by atoms with E-state index in [1.54, 1.807) is 19.4 Å². The molecule has 0 spiro atoms. The maximum atomic E-state index is 12.0. The van der Waals surface area contributed by atoms with Crippen molar-refractivity contribution in [3.63, 3.8) is 0 Å². The molecule has 0 aliphatic rings. The molecule has 0 amide bonds. The van der Waals surface area contributed by atoms with Gasteiger partial charge in [0.25, 0.3) is 0 Å². The molecule has 0 saturated carbocycles. The van der Waals surface area contributed by atoms with Crippen LogP contribution in [0.25, 0.3) is 10.9 Å². The standard InChI is InChI=1S/C13H15BrN2O3/c1-13(2,3)19-12(17)16-10-6-11(18-4)9(14)5-8(10)7-15-16/h5-7H,1-4H3. The first-order valence-electron chi connectivity index (χ1n) is 5.76. The smallest absolute Gasteiger partial charge is 0.435 e. The van der Waals surface area contributed by atoms with Crippen LogP contribution in [0.3, 0.4) is 0 Å². The van der Waals surface area contributed by atoms with Gasteiger partial charge in [-0.15, -0.1) is 0 Å². The number of carbonyl (C=O) groups is 1. The van der Waals surface area contributed by atoms with E-state index in [2.05, 4.69) is 21.0 Å². The molecule has 0 radical (unpaired) electrons. The summed E-state index contributed by atoms with van der Waals surface area (Å²) in [6, 6.07) is 3.60. The van der Waals surface area contributed by atoms with Gasteiger partial charge in [-0.2, -0.15) is 9.78 Å². The highest BCUT2D eigenvalue weighted by molar-refractivity contribution is 9.10. The first-order valence-corrected chi connectivity index (χ1v) is 6.56. The van der Waals surface area contributed by atoms with Crippen LogP contribution in [0.2, 0.25) is 0 Å². The highest BCUT2D eigenvalue weighted by Crippen LogP contribution is 2.30. The Kier molecular flexibility index (Phi) is 3.54. The summed E-state index contributed by atoms with van der Waals surface area (Å²) in [5, 5.41) is 4.89. The van der Waals surface area contributed by atoms with Crippen LogP contribution < -0.4 is 4.74 Å². The maximum Gasteiger partial charge on any atom is 0.435 e. The number of hydrogen-bond acceptors (Lipinski definition) is 4. The van der Waals surface area contributed by atoms with Gasteiger partial charge in [-0.1, -0.05) is 0 Å². The number of ether oxygens (including phenoxy) is 2. The van der Waals surface area contributed by atoms with E-state index in [9.17, 15) is 4.79 Å². The Bertz CT molecular complexity index is 629. The van der Waals surface area contributed by atoms with Gasteiger partial charge in [-0.05, 0) is 42.8 Å². The third kappa shape index (κ3) is 2.89. The summed E-state index contributed by atoms with van der Waals surface area (Å²) in [5.74, 6) is 0.637. The molecule has 102 valence electrons. The van der Waals surface area contributed by atoms with Crippen LogP contribution in [0.1, 0.15) is 20.8 Å². The van der Waals surface area contributed by atoms with Crippen molar-refractivity contribution in [1.82, 2.24) is 9.78 Å². The van der Waals surface area contributed by atoms with Gasteiger partial charge in [0.15, 0.2) is 0 Å². The zero-order valence-corrected chi connectivity index (χ0v) is 12.8. The lowest BCUT2D eigenvalue weighted by Crippen LogP contribution is -2.27. The van der Waals surface area contributed by atoms with Crippen molar-refractivity contribution in [3.8, 4) is 5.75 Å². The molecule has 0 unspecified atom stereocenters. The predicted octanol–water partition coefficient (Wildman–Crippen LogP) is 3.59. The monoisotopic (exact) mass is 326 g/mol. The molecule has 1 aromatic heterocycles. The van der Waals surface area contributed by atoms with Crippen LogP contribution in [-0.2, 0) is 4.74 Å². The second-order valence-electron chi connectivity index (χ2n) is 5.08. The lowest BCUT2D eigenvalue weighted by Gasteiger charge is -2.19. The number of hydrogen-bond donors (Lipinski definition) is 0. The number of nitrogens with zero attached hydrogens (tertiary/aromatic N) is 2. The van der Waals surface area contributed by atoms with Crippen molar-refractivity contribution in [2.75, 3.05) is 7.11 Å². The molecule has 5 nitrogen and oxygen atoms in total. The lowest BCUT2D eigenvalue weighted by molar-refractivity contribution is 0.0523. The van der Waals surface area contributed by atoms with E-state index in [-0.39, 0.29) is 0 Å². The summed E-state index contributed by atoms with van der Waals surface area (Å²) >= 11 is 3.39. The van der Waals surface area contributed by atoms with Crippen molar-refractivity contribution in [1.29, 1.82) is 0 Å². The average Bonchev–Trinajstić information content (AvgIpc) is 2.68. The number of benzene rings is 1. The highest BCUT2D eigenvalue weighted by atomic mass is 79.9. The van der Waals surface area contributed by atoms with E-state index in [0.717, 1.165) is 9.86 Å². The fraction of sp³-hybridized carbons (Fsp3) is 0.385. The van der Waals surface area contributed by atoms with E-state index in [0.29, 0.717) is 11.3 Å². The molecule has 0 atom stereocenters. The summed E-state index contributed by atoms with van der Waals surface area (Å²) in [4.78, 5) is 12.0. The van der Waals surface area contributed by atoms with Gasteiger partial charge in [-0.3, -0.25) is 0 Å². The number of methoxy groups -OCH3 is 1. The Hall–Kier alpha value is -1.56. The van der Waals surface area contributed by atoms with Crippen molar-refractivity contribution in [2.24, 2.45) is 0 Å². The van der Waals surface area contributed by atoms with Gasteiger partial charge in [0.2, 0.25) is 0 Å². The summed E-state index contributed by atoms with van der Waals surface area (Å²) < 4.78 is 12.6. The molecule has 0 N–H and O–H groups in total. The Morgan fingerprint density at radius 2 is 2.05 bits per heavy atom. The Balaban J connectivity index is 2.47. The van der Waals surface area contributed by atoms with Gasteiger partial charge < -0.3 is 9.47 Å². The van der Waals surface area contributed by atoms with Crippen molar-refractivity contribution in [3.05, 3.63) is 22.8 Å².